The summed E-state index contributed by atoms with van der Waals surface area (Å²) in [7, 11) is 1.64. The summed E-state index contributed by atoms with van der Waals surface area (Å²) in [6.45, 7) is 8.14. The molecule has 0 fully saturated rings. The fourth-order valence-corrected chi connectivity index (χ4v) is 1.82. The number of carbonyl (C=O) groups excluding carboxylic acids is 1. The third kappa shape index (κ3) is 8.30. The van der Waals surface area contributed by atoms with E-state index >= 15 is 0 Å². The molecule has 1 amide bonds. The molecule has 0 bridgehead atoms. The molecule has 0 atom stereocenters. The first-order valence-electron chi connectivity index (χ1n) is 5.13. The Morgan fingerprint density at radius 3 is 2.33 bits per heavy atom. The van der Waals surface area contributed by atoms with Crippen LogP contribution in [-0.2, 0) is 4.79 Å². The van der Waals surface area contributed by atoms with Gasteiger partial charge in [-0.15, -0.1) is 0 Å². The lowest BCUT2D eigenvalue weighted by atomic mass is 10.4. The van der Waals surface area contributed by atoms with E-state index in [1.165, 1.54) is 11.8 Å². The largest absolute Gasteiger partial charge is 0.363 e. The monoisotopic (exact) mass is 231 g/mol. The Kier molecular flexibility index (Phi) is 7.21. The van der Waals surface area contributed by atoms with Crippen LogP contribution in [0.5, 0.6) is 0 Å². The van der Waals surface area contributed by atoms with Crippen molar-refractivity contribution in [2.75, 3.05) is 12.8 Å². The van der Waals surface area contributed by atoms with Crippen LogP contribution >= 0.6 is 11.8 Å². The smallest absolute Gasteiger partial charge is 0.230 e. The quantitative estimate of drug-likeness (QED) is 0.565. The second kappa shape index (κ2) is 7.56. The van der Waals surface area contributed by atoms with Crippen molar-refractivity contribution in [2.45, 2.75) is 39.8 Å². The maximum atomic E-state index is 11.1. The molecule has 0 aliphatic rings. The second-order valence-electron chi connectivity index (χ2n) is 3.79. The van der Waals surface area contributed by atoms with E-state index in [0.717, 1.165) is 5.17 Å². The van der Waals surface area contributed by atoms with Crippen LogP contribution in [0.15, 0.2) is 4.99 Å². The molecule has 0 aliphatic carbocycles. The zero-order valence-electron chi connectivity index (χ0n) is 10.1. The van der Waals surface area contributed by atoms with Crippen LogP contribution < -0.4 is 10.6 Å². The Hall–Kier alpha value is -0.710. The fourth-order valence-electron chi connectivity index (χ4n) is 0.804. The molecule has 0 aliphatic heterocycles. The summed E-state index contributed by atoms with van der Waals surface area (Å²) < 4.78 is 0. The first-order chi connectivity index (χ1) is 6.95. The summed E-state index contributed by atoms with van der Waals surface area (Å²) in [6.07, 6.45) is 0. The predicted octanol–water partition coefficient (Wildman–Crippen LogP) is 1.23. The molecule has 0 rings (SSSR count). The number of rotatable bonds is 4. The summed E-state index contributed by atoms with van der Waals surface area (Å²) >= 11 is 1.44. The minimum absolute atomic E-state index is 0.0158. The first kappa shape index (κ1) is 14.3. The Balaban J connectivity index is 4.19. The zero-order chi connectivity index (χ0) is 11.8. The van der Waals surface area contributed by atoms with E-state index in [-0.39, 0.29) is 11.9 Å². The summed E-state index contributed by atoms with van der Waals surface area (Å²) in [5, 5.41) is 6.64. The molecule has 0 saturated carbocycles. The van der Waals surface area contributed by atoms with E-state index in [0.29, 0.717) is 11.8 Å². The summed E-state index contributed by atoms with van der Waals surface area (Å²) in [5.41, 5.74) is 0. The van der Waals surface area contributed by atoms with Gasteiger partial charge in [-0.25, -0.2) is 0 Å². The minimum Gasteiger partial charge on any atom is -0.363 e. The highest BCUT2D eigenvalue weighted by atomic mass is 32.2. The van der Waals surface area contributed by atoms with Gasteiger partial charge in [0.15, 0.2) is 5.17 Å². The van der Waals surface area contributed by atoms with Crippen molar-refractivity contribution in [3.8, 4) is 0 Å². The Morgan fingerprint density at radius 1 is 1.33 bits per heavy atom. The Labute approximate surface area is 96.3 Å². The third-order valence-electron chi connectivity index (χ3n) is 1.41. The number of amides is 1. The van der Waals surface area contributed by atoms with Gasteiger partial charge in [-0.05, 0) is 27.7 Å². The Morgan fingerprint density at radius 2 is 1.93 bits per heavy atom. The number of aliphatic imine (C=N–C) groups is 1. The van der Waals surface area contributed by atoms with Gasteiger partial charge < -0.3 is 10.6 Å². The highest BCUT2D eigenvalue weighted by Crippen LogP contribution is 2.04. The van der Waals surface area contributed by atoms with Gasteiger partial charge in [-0.1, -0.05) is 11.8 Å². The average Bonchev–Trinajstić information content (AvgIpc) is 2.11. The van der Waals surface area contributed by atoms with Gasteiger partial charge in [0.1, 0.15) is 0 Å². The van der Waals surface area contributed by atoms with E-state index < -0.39 is 0 Å². The Bertz CT molecular complexity index is 227. The lowest BCUT2D eigenvalue weighted by Crippen LogP contribution is -2.30. The van der Waals surface area contributed by atoms with Gasteiger partial charge in [0, 0.05) is 19.1 Å². The molecular formula is C10H21N3OS. The molecule has 0 saturated heterocycles. The van der Waals surface area contributed by atoms with Gasteiger partial charge in [-0.2, -0.15) is 0 Å². The van der Waals surface area contributed by atoms with Crippen LogP contribution in [0.3, 0.4) is 0 Å². The minimum atomic E-state index is 0.0158. The number of nitrogens with zero attached hydrogens (tertiary/aromatic N) is 1. The van der Waals surface area contributed by atoms with Gasteiger partial charge in [0.2, 0.25) is 5.91 Å². The number of nitrogens with one attached hydrogen (secondary N) is 2. The van der Waals surface area contributed by atoms with Crippen molar-refractivity contribution in [3.05, 3.63) is 0 Å². The molecule has 0 aromatic heterocycles. The summed E-state index contributed by atoms with van der Waals surface area (Å²) in [4.78, 5) is 15.5. The second-order valence-corrected chi connectivity index (χ2v) is 4.75. The molecule has 0 aromatic rings. The SMILES string of the molecule is CNC(=O)CS/C(=N\C(C)C)NC(C)C. The number of carbonyl (C=O) groups is 1. The van der Waals surface area contributed by atoms with Gasteiger partial charge in [0.25, 0.3) is 0 Å². The lowest BCUT2D eigenvalue weighted by molar-refractivity contribution is -0.118. The van der Waals surface area contributed by atoms with Crippen LogP contribution in [-0.4, -0.2) is 36.0 Å². The molecule has 2 N–H and O–H groups in total. The van der Waals surface area contributed by atoms with E-state index in [4.69, 9.17) is 0 Å². The average molecular weight is 231 g/mol. The van der Waals surface area contributed by atoms with Crippen LogP contribution in [0.25, 0.3) is 0 Å². The first-order valence-corrected chi connectivity index (χ1v) is 6.12. The summed E-state index contributed by atoms with van der Waals surface area (Å²) in [6, 6.07) is 0.572. The highest BCUT2D eigenvalue weighted by Gasteiger charge is 2.06. The summed E-state index contributed by atoms with van der Waals surface area (Å²) in [5.74, 6) is 0.420. The van der Waals surface area contributed by atoms with E-state index in [1.807, 2.05) is 13.8 Å². The maximum Gasteiger partial charge on any atom is 0.230 e. The molecule has 4 nitrogen and oxygen atoms in total. The van der Waals surface area contributed by atoms with Crippen LogP contribution in [0.2, 0.25) is 0 Å². The van der Waals surface area contributed by atoms with Gasteiger partial charge in [0.05, 0.1) is 5.75 Å². The van der Waals surface area contributed by atoms with E-state index in [9.17, 15) is 4.79 Å². The molecule has 0 unspecified atom stereocenters. The zero-order valence-corrected chi connectivity index (χ0v) is 10.9. The number of hydrogen-bond acceptors (Lipinski definition) is 3. The lowest BCUT2D eigenvalue weighted by Gasteiger charge is -2.13. The predicted molar refractivity (Wildman–Crippen MR) is 67.4 cm³/mol. The topological polar surface area (TPSA) is 53.5 Å². The normalized spacial score (nSPS) is 12.1. The molecule has 0 heterocycles. The van der Waals surface area contributed by atoms with Crippen LogP contribution in [0.4, 0.5) is 0 Å². The molecular weight excluding hydrogens is 210 g/mol. The van der Waals surface area contributed by atoms with Crippen molar-refractivity contribution in [2.24, 2.45) is 4.99 Å². The van der Waals surface area contributed by atoms with E-state index in [1.54, 1.807) is 7.05 Å². The molecule has 0 radical (unpaired) electrons. The molecule has 0 spiro atoms. The molecule has 5 heteroatoms. The highest BCUT2D eigenvalue weighted by molar-refractivity contribution is 8.14. The molecule has 88 valence electrons. The van der Waals surface area contributed by atoms with E-state index in [2.05, 4.69) is 29.5 Å². The van der Waals surface area contributed by atoms with Gasteiger partial charge >= 0.3 is 0 Å². The van der Waals surface area contributed by atoms with Crippen molar-refractivity contribution >= 4 is 22.8 Å². The van der Waals surface area contributed by atoms with Crippen LogP contribution in [0, 0.1) is 0 Å². The third-order valence-corrected chi connectivity index (χ3v) is 2.31. The number of hydrogen-bond donors (Lipinski definition) is 2. The van der Waals surface area contributed by atoms with Crippen molar-refractivity contribution < 1.29 is 4.79 Å². The number of thioether (sulfide) groups is 1. The fraction of sp³-hybridized carbons (Fsp3) is 0.800. The van der Waals surface area contributed by atoms with Gasteiger partial charge in [-0.3, -0.25) is 9.79 Å². The van der Waals surface area contributed by atoms with Crippen LogP contribution in [0.1, 0.15) is 27.7 Å². The molecule has 0 aromatic carbocycles. The van der Waals surface area contributed by atoms with Crippen molar-refractivity contribution in [3.63, 3.8) is 0 Å². The van der Waals surface area contributed by atoms with Crippen molar-refractivity contribution in [1.29, 1.82) is 0 Å². The standard InChI is InChI=1S/C10H21N3OS/c1-7(2)12-10(13-8(3)4)15-6-9(14)11-5/h7-8H,6H2,1-5H3,(H,11,14)(H,12,13). The molecule has 15 heavy (non-hydrogen) atoms. The maximum absolute atomic E-state index is 11.1. The number of amidine groups is 1. The van der Waals surface area contributed by atoms with Crippen molar-refractivity contribution in [1.82, 2.24) is 10.6 Å².